The van der Waals surface area contributed by atoms with Gasteiger partial charge in [-0.1, -0.05) is 170 Å². The van der Waals surface area contributed by atoms with Crippen LogP contribution in [0.3, 0.4) is 0 Å². The van der Waals surface area contributed by atoms with E-state index in [0.29, 0.717) is 17.5 Å². The SMILES string of the molecule is c1ccc(-c2nc(-c3ccccc3)nc(-c3ccc(-c4cc5c6c(c4)c4ccccc4n6-c4ccccc4C54c5ccccc5-c5ccccc54)cc3)n2)cc1. The molecule has 3 heterocycles. The van der Waals surface area contributed by atoms with E-state index in [1.807, 2.05) is 60.7 Å². The molecule has 0 saturated heterocycles. The number of para-hydroxylation sites is 2. The minimum absolute atomic E-state index is 0.491. The van der Waals surface area contributed by atoms with Crippen LogP contribution in [0.2, 0.25) is 0 Å². The first-order valence-electron chi connectivity index (χ1n) is 19.1. The zero-order valence-electron chi connectivity index (χ0n) is 30.3. The fourth-order valence-corrected chi connectivity index (χ4v) is 9.50. The van der Waals surface area contributed by atoms with Crippen molar-refractivity contribution in [1.82, 2.24) is 19.5 Å². The van der Waals surface area contributed by atoms with Crippen LogP contribution in [0.5, 0.6) is 0 Å². The Labute approximate surface area is 324 Å². The summed E-state index contributed by atoms with van der Waals surface area (Å²) in [6, 6.07) is 69.8. The Balaban J connectivity index is 1.09. The van der Waals surface area contributed by atoms with Gasteiger partial charge < -0.3 is 4.57 Å². The molecule has 4 nitrogen and oxygen atoms in total. The summed E-state index contributed by atoms with van der Waals surface area (Å²) in [6.45, 7) is 0. The van der Waals surface area contributed by atoms with Crippen LogP contribution >= 0.6 is 0 Å². The van der Waals surface area contributed by atoms with Crippen molar-refractivity contribution in [1.29, 1.82) is 0 Å². The Morgan fingerprint density at radius 2 is 0.821 bits per heavy atom. The zero-order chi connectivity index (χ0) is 36.8. The van der Waals surface area contributed by atoms with Crippen molar-refractivity contribution >= 4 is 21.8 Å². The number of benzene rings is 8. The molecule has 260 valence electrons. The summed E-state index contributed by atoms with van der Waals surface area (Å²) in [5.41, 5.74) is 16.3. The molecule has 0 saturated carbocycles. The van der Waals surface area contributed by atoms with Crippen molar-refractivity contribution in [3.05, 3.63) is 216 Å². The van der Waals surface area contributed by atoms with Crippen LogP contribution in [0.25, 0.3) is 83.9 Å². The van der Waals surface area contributed by atoms with Crippen molar-refractivity contribution in [2.45, 2.75) is 5.41 Å². The van der Waals surface area contributed by atoms with Crippen molar-refractivity contribution in [2.24, 2.45) is 0 Å². The van der Waals surface area contributed by atoms with Gasteiger partial charge in [0, 0.05) is 27.5 Å². The Hall–Kier alpha value is -7.43. The Morgan fingerprint density at radius 1 is 0.339 bits per heavy atom. The molecule has 0 radical (unpaired) electrons. The minimum atomic E-state index is -0.491. The van der Waals surface area contributed by atoms with Gasteiger partial charge in [-0.3, -0.25) is 0 Å². The van der Waals surface area contributed by atoms with Crippen LogP contribution in [0, 0.1) is 0 Å². The van der Waals surface area contributed by atoms with E-state index in [1.54, 1.807) is 0 Å². The molecule has 0 N–H and O–H groups in total. The smallest absolute Gasteiger partial charge is 0.164 e. The average Bonchev–Trinajstić information content (AvgIpc) is 3.77. The summed E-state index contributed by atoms with van der Waals surface area (Å²) in [7, 11) is 0. The van der Waals surface area contributed by atoms with E-state index in [4.69, 9.17) is 15.0 Å². The molecule has 56 heavy (non-hydrogen) atoms. The Kier molecular flexibility index (Phi) is 6.52. The van der Waals surface area contributed by atoms with Crippen LogP contribution in [-0.4, -0.2) is 19.5 Å². The highest BCUT2D eigenvalue weighted by molar-refractivity contribution is 6.14. The van der Waals surface area contributed by atoms with Crippen molar-refractivity contribution < 1.29 is 0 Å². The van der Waals surface area contributed by atoms with Crippen LogP contribution in [-0.2, 0) is 5.41 Å². The molecule has 12 rings (SSSR count). The van der Waals surface area contributed by atoms with Crippen LogP contribution in [0.4, 0.5) is 0 Å². The lowest BCUT2D eigenvalue weighted by atomic mass is 9.65. The largest absolute Gasteiger partial charge is 0.309 e. The first-order chi connectivity index (χ1) is 27.8. The molecular formula is C52H32N4. The van der Waals surface area contributed by atoms with E-state index in [9.17, 15) is 0 Å². The molecule has 0 amide bonds. The van der Waals surface area contributed by atoms with Gasteiger partial charge in [0.2, 0.25) is 0 Å². The molecule has 10 aromatic rings. The van der Waals surface area contributed by atoms with Gasteiger partial charge in [-0.15, -0.1) is 0 Å². The lowest BCUT2D eigenvalue weighted by Crippen LogP contribution is -2.33. The standard InChI is InChI=1S/C52H32N4/c1-3-15-34(16-4-1)49-53-50(35-17-5-2-6-18-35)55-51(54-49)36-29-27-33(28-30-36)37-31-41-40-21-9-13-25-46(40)56-47-26-14-12-24-44(47)52(45(32-37)48(41)56)42-22-10-7-19-38(42)39-20-8-11-23-43(39)52/h1-32H. The van der Waals surface area contributed by atoms with Crippen LogP contribution in [0.1, 0.15) is 22.3 Å². The van der Waals surface area contributed by atoms with Crippen molar-refractivity contribution in [3.8, 4) is 62.1 Å². The molecule has 2 aliphatic rings. The summed E-state index contributed by atoms with van der Waals surface area (Å²) < 4.78 is 2.51. The topological polar surface area (TPSA) is 43.6 Å². The van der Waals surface area contributed by atoms with Gasteiger partial charge in [0.15, 0.2) is 17.5 Å². The molecule has 0 atom stereocenters. The molecule has 4 heteroatoms. The molecule has 0 fully saturated rings. The summed E-state index contributed by atoms with van der Waals surface area (Å²) in [5, 5.41) is 2.51. The van der Waals surface area contributed by atoms with E-state index >= 15 is 0 Å². The first-order valence-corrected chi connectivity index (χ1v) is 19.1. The summed E-state index contributed by atoms with van der Waals surface area (Å²) in [6.07, 6.45) is 0. The normalized spacial score (nSPS) is 13.1. The number of rotatable bonds is 4. The molecule has 1 aliphatic carbocycles. The highest BCUT2D eigenvalue weighted by Gasteiger charge is 2.50. The monoisotopic (exact) mass is 712 g/mol. The molecule has 2 aromatic heterocycles. The Morgan fingerprint density at radius 3 is 1.45 bits per heavy atom. The molecular weight excluding hydrogens is 681 g/mol. The quantitative estimate of drug-likeness (QED) is 0.182. The number of hydrogen-bond donors (Lipinski definition) is 0. The maximum atomic E-state index is 5.00. The predicted molar refractivity (Wildman–Crippen MR) is 227 cm³/mol. The first kappa shape index (κ1) is 31.0. The van der Waals surface area contributed by atoms with E-state index in [2.05, 4.69) is 138 Å². The van der Waals surface area contributed by atoms with Crippen LogP contribution < -0.4 is 0 Å². The maximum Gasteiger partial charge on any atom is 0.164 e. The fraction of sp³-hybridized carbons (Fsp3) is 0.0192. The van der Waals surface area contributed by atoms with Gasteiger partial charge in [-0.2, -0.15) is 0 Å². The average molecular weight is 713 g/mol. The Bertz CT molecular complexity index is 3080. The second kappa shape index (κ2) is 11.8. The summed E-state index contributed by atoms with van der Waals surface area (Å²) >= 11 is 0. The number of fused-ring (bicyclic) bond motifs is 12. The van der Waals surface area contributed by atoms with E-state index in [0.717, 1.165) is 22.3 Å². The number of hydrogen-bond acceptors (Lipinski definition) is 3. The van der Waals surface area contributed by atoms with Gasteiger partial charge in [-0.05, 0) is 68.8 Å². The van der Waals surface area contributed by atoms with Gasteiger partial charge in [-0.25, -0.2) is 15.0 Å². The minimum Gasteiger partial charge on any atom is -0.309 e. The lowest BCUT2D eigenvalue weighted by Gasteiger charge is -2.39. The molecule has 1 spiro atoms. The number of aromatic nitrogens is 4. The van der Waals surface area contributed by atoms with Gasteiger partial charge in [0.05, 0.1) is 22.1 Å². The summed E-state index contributed by atoms with van der Waals surface area (Å²) in [5.74, 6) is 1.96. The molecule has 0 bridgehead atoms. The second-order valence-corrected chi connectivity index (χ2v) is 14.7. The second-order valence-electron chi connectivity index (χ2n) is 14.7. The fourth-order valence-electron chi connectivity index (χ4n) is 9.50. The summed E-state index contributed by atoms with van der Waals surface area (Å²) in [4.78, 5) is 14.9. The van der Waals surface area contributed by atoms with Crippen molar-refractivity contribution in [2.75, 3.05) is 0 Å². The van der Waals surface area contributed by atoms with E-state index < -0.39 is 5.41 Å². The molecule has 1 aliphatic heterocycles. The third-order valence-electron chi connectivity index (χ3n) is 11.8. The third-order valence-corrected chi connectivity index (χ3v) is 11.8. The molecule has 8 aromatic carbocycles. The van der Waals surface area contributed by atoms with E-state index in [-0.39, 0.29) is 0 Å². The highest BCUT2D eigenvalue weighted by atomic mass is 15.0. The predicted octanol–water partition coefficient (Wildman–Crippen LogP) is 12.3. The maximum absolute atomic E-state index is 5.00. The third kappa shape index (κ3) is 4.27. The van der Waals surface area contributed by atoms with Gasteiger partial charge >= 0.3 is 0 Å². The van der Waals surface area contributed by atoms with Crippen molar-refractivity contribution in [3.63, 3.8) is 0 Å². The van der Waals surface area contributed by atoms with Crippen LogP contribution in [0.15, 0.2) is 194 Å². The van der Waals surface area contributed by atoms with Gasteiger partial charge in [0.1, 0.15) is 0 Å². The highest BCUT2D eigenvalue weighted by Crippen LogP contribution is 2.61. The van der Waals surface area contributed by atoms with E-state index in [1.165, 1.54) is 66.4 Å². The molecule has 0 unspecified atom stereocenters. The zero-order valence-corrected chi connectivity index (χ0v) is 30.3. The lowest BCUT2D eigenvalue weighted by molar-refractivity contribution is 0.749. The number of nitrogens with zero attached hydrogens (tertiary/aromatic N) is 4. The van der Waals surface area contributed by atoms with Gasteiger partial charge in [0.25, 0.3) is 0 Å².